The van der Waals surface area contributed by atoms with Gasteiger partial charge >= 0.3 is 0 Å². The zero-order valence-corrected chi connectivity index (χ0v) is 7.71. The summed E-state index contributed by atoms with van der Waals surface area (Å²) in [6.45, 7) is 7.22. The van der Waals surface area contributed by atoms with E-state index in [2.05, 4.69) is 25.3 Å². The van der Waals surface area contributed by atoms with Crippen molar-refractivity contribution in [3.8, 4) is 0 Å². The first-order valence-electron chi connectivity index (χ1n) is 4.47. The molecule has 0 unspecified atom stereocenters. The molecule has 0 saturated carbocycles. The van der Waals surface area contributed by atoms with Gasteiger partial charge in [0.15, 0.2) is 0 Å². The maximum absolute atomic E-state index is 3.61. The molecule has 0 rings (SSSR count). The normalized spacial score (nSPS) is 11.0. The van der Waals surface area contributed by atoms with Gasteiger partial charge in [0, 0.05) is 0 Å². The van der Waals surface area contributed by atoms with Gasteiger partial charge in [0.05, 0.1) is 0 Å². The van der Waals surface area contributed by atoms with Crippen molar-refractivity contribution in [2.24, 2.45) is 0 Å². The zero-order chi connectivity index (χ0) is 9.07. The van der Waals surface area contributed by atoms with Gasteiger partial charge in [0.2, 0.25) is 0 Å². The number of unbranched alkanes of at least 4 members (excludes halogenated alkanes) is 3. The Hall–Kier alpha value is -1.04. The molecular weight excluding hydrogens is 144 g/mol. The van der Waals surface area contributed by atoms with Crippen molar-refractivity contribution in [3.63, 3.8) is 0 Å². The summed E-state index contributed by atoms with van der Waals surface area (Å²) in [5.74, 6) is 0. The monoisotopic (exact) mass is 162 g/mol. The minimum Gasteiger partial charge on any atom is -0.0991 e. The molecule has 0 aromatic heterocycles. The number of allylic oxidation sites excluding steroid dienone is 6. The Morgan fingerprint density at radius 2 is 1.17 bits per heavy atom. The van der Waals surface area contributed by atoms with Crippen LogP contribution >= 0.6 is 0 Å². The molecule has 0 aliphatic rings. The summed E-state index contributed by atoms with van der Waals surface area (Å²) in [4.78, 5) is 0. The minimum absolute atomic E-state index is 1.16. The molecule has 0 saturated heterocycles. The van der Waals surface area contributed by atoms with Crippen LogP contribution in [-0.2, 0) is 0 Å². The van der Waals surface area contributed by atoms with E-state index in [1.807, 2.05) is 24.3 Å². The highest BCUT2D eigenvalue weighted by Gasteiger charge is 1.81. The molecule has 0 aliphatic carbocycles. The Morgan fingerprint density at radius 1 is 0.750 bits per heavy atom. The third-order valence-electron chi connectivity index (χ3n) is 1.54. The lowest BCUT2D eigenvalue weighted by Gasteiger charge is -1.91. The van der Waals surface area contributed by atoms with Gasteiger partial charge in [0.25, 0.3) is 0 Å². The summed E-state index contributed by atoms with van der Waals surface area (Å²) in [6, 6.07) is 0. The van der Waals surface area contributed by atoms with E-state index in [0.29, 0.717) is 0 Å². The number of hydrogen-bond donors (Lipinski definition) is 0. The lowest BCUT2D eigenvalue weighted by molar-refractivity contribution is 0.762. The van der Waals surface area contributed by atoms with Crippen molar-refractivity contribution in [1.29, 1.82) is 0 Å². The third kappa shape index (κ3) is 8.96. The summed E-state index contributed by atoms with van der Waals surface area (Å²) < 4.78 is 0. The van der Waals surface area contributed by atoms with Crippen LogP contribution in [0.3, 0.4) is 0 Å². The van der Waals surface area contributed by atoms with Crippen molar-refractivity contribution in [3.05, 3.63) is 49.6 Å². The molecule has 66 valence electrons. The number of hydrogen-bond acceptors (Lipinski definition) is 0. The fourth-order valence-corrected chi connectivity index (χ4v) is 0.909. The third-order valence-corrected chi connectivity index (χ3v) is 1.54. The van der Waals surface area contributed by atoms with Crippen LogP contribution in [0.1, 0.15) is 25.7 Å². The average molecular weight is 162 g/mol. The van der Waals surface area contributed by atoms with Crippen molar-refractivity contribution in [2.45, 2.75) is 25.7 Å². The van der Waals surface area contributed by atoms with E-state index < -0.39 is 0 Å². The van der Waals surface area contributed by atoms with Crippen molar-refractivity contribution in [1.82, 2.24) is 0 Å². The predicted octanol–water partition coefficient (Wildman–Crippen LogP) is 4.03. The van der Waals surface area contributed by atoms with E-state index in [1.54, 1.807) is 0 Å². The van der Waals surface area contributed by atoms with Gasteiger partial charge < -0.3 is 0 Å². The fourth-order valence-electron chi connectivity index (χ4n) is 0.909. The zero-order valence-electron chi connectivity index (χ0n) is 7.71. The first-order chi connectivity index (χ1) is 5.91. The molecule has 0 radical (unpaired) electrons. The van der Waals surface area contributed by atoms with Gasteiger partial charge in [-0.15, -0.1) is 0 Å². The van der Waals surface area contributed by atoms with Crippen molar-refractivity contribution < 1.29 is 0 Å². The van der Waals surface area contributed by atoms with E-state index in [0.717, 1.165) is 12.8 Å². The Kier molecular flexibility index (Phi) is 9.10. The van der Waals surface area contributed by atoms with Gasteiger partial charge in [-0.25, -0.2) is 0 Å². The summed E-state index contributed by atoms with van der Waals surface area (Å²) in [6.07, 6.45) is 16.8. The molecule has 0 aromatic carbocycles. The van der Waals surface area contributed by atoms with Crippen LogP contribution in [0.4, 0.5) is 0 Å². The quantitative estimate of drug-likeness (QED) is 0.391. The van der Waals surface area contributed by atoms with Crippen LogP contribution in [0.15, 0.2) is 49.6 Å². The minimum atomic E-state index is 1.16. The first-order valence-corrected chi connectivity index (χ1v) is 4.47. The van der Waals surface area contributed by atoms with Gasteiger partial charge in [-0.05, 0) is 25.7 Å². The topological polar surface area (TPSA) is 0 Å². The first kappa shape index (κ1) is 11.0. The fraction of sp³-hybridized carbons (Fsp3) is 0.333. The lowest BCUT2D eigenvalue weighted by atomic mass is 10.2. The van der Waals surface area contributed by atoms with Gasteiger partial charge in [-0.3, -0.25) is 0 Å². The number of rotatable bonds is 7. The summed E-state index contributed by atoms with van der Waals surface area (Å²) in [5, 5.41) is 0. The van der Waals surface area contributed by atoms with Gasteiger partial charge in [-0.1, -0.05) is 49.6 Å². The highest BCUT2D eigenvalue weighted by molar-refractivity contribution is 4.98. The molecule has 0 N–H and O–H groups in total. The molecule has 0 heterocycles. The second-order valence-electron chi connectivity index (χ2n) is 2.61. The van der Waals surface area contributed by atoms with Crippen molar-refractivity contribution in [2.75, 3.05) is 0 Å². The second-order valence-corrected chi connectivity index (χ2v) is 2.61. The van der Waals surface area contributed by atoms with Crippen LogP contribution in [0, 0.1) is 0 Å². The van der Waals surface area contributed by atoms with E-state index in [-0.39, 0.29) is 0 Å². The molecule has 0 nitrogen and oxygen atoms in total. The maximum atomic E-state index is 3.61. The van der Waals surface area contributed by atoms with Crippen LogP contribution in [0.25, 0.3) is 0 Å². The Bertz CT molecular complexity index is 141. The van der Waals surface area contributed by atoms with E-state index in [1.165, 1.54) is 12.8 Å². The highest BCUT2D eigenvalue weighted by Crippen LogP contribution is 2.01. The molecule has 0 amide bonds. The van der Waals surface area contributed by atoms with Crippen molar-refractivity contribution >= 4 is 0 Å². The molecule has 0 fully saturated rings. The van der Waals surface area contributed by atoms with E-state index >= 15 is 0 Å². The van der Waals surface area contributed by atoms with Crippen LogP contribution in [0.2, 0.25) is 0 Å². The summed E-state index contributed by atoms with van der Waals surface area (Å²) in [5.41, 5.74) is 0. The predicted molar refractivity (Wildman–Crippen MR) is 57.1 cm³/mol. The molecule has 12 heavy (non-hydrogen) atoms. The molecule has 0 spiro atoms. The second kappa shape index (κ2) is 9.96. The standard InChI is InChI=1S/C12H18/c1-3-5-7-9-11-12-10-8-6-4-2/h3-8H,1-2,9-12H2/b7-5+,8-6+. The van der Waals surface area contributed by atoms with Crippen LogP contribution < -0.4 is 0 Å². The average Bonchev–Trinajstić information content (AvgIpc) is 2.10. The van der Waals surface area contributed by atoms with Gasteiger partial charge in [-0.2, -0.15) is 0 Å². The Labute approximate surface area is 76.0 Å². The largest absolute Gasteiger partial charge is 0.0991 e. The smallest absolute Gasteiger partial charge is 0.0348 e. The van der Waals surface area contributed by atoms with Gasteiger partial charge in [0.1, 0.15) is 0 Å². The van der Waals surface area contributed by atoms with E-state index in [4.69, 9.17) is 0 Å². The highest BCUT2D eigenvalue weighted by atomic mass is 13.9. The SMILES string of the molecule is C=C/C=C/CCCC/C=C/C=C. The molecule has 0 bridgehead atoms. The Morgan fingerprint density at radius 3 is 1.50 bits per heavy atom. The molecule has 0 aliphatic heterocycles. The molecule has 0 aromatic rings. The van der Waals surface area contributed by atoms with Crippen LogP contribution in [-0.4, -0.2) is 0 Å². The Balaban J connectivity index is 3.10. The summed E-state index contributed by atoms with van der Waals surface area (Å²) >= 11 is 0. The lowest BCUT2D eigenvalue weighted by Crippen LogP contribution is -1.71. The molecule has 0 atom stereocenters. The maximum Gasteiger partial charge on any atom is -0.0348 e. The summed E-state index contributed by atoms with van der Waals surface area (Å²) in [7, 11) is 0. The molecule has 0 heteroatoms. The molecular formula is C12H18. The van der Waals surface area contributed by atoms with Crippen LogP contribution in [0.5, 0.6) is 0 Å². The van der Waals surface area contributed by atoms with E-state index in [9.17, 15) is 0 Å².